The lowest BCUT2D eigenvalue weighted by Gasteiger charge is -2.34. The fourth-order valence-electron chi connectivity index (χ4n) is 2.33. The van der Waals surface area contributed by atoms with Gasteiger partial charge in [-0.1, -0.05) is 12.2 Å². The molecule has 0 amide bonds. The largest absolute Gasteiger partial charge is 0.411 e. The van der Waals surface area contributed by atoms with Gasteiger partial charge in [-0.3, -0.25) is 4.90 Å². The average Bonchev–Trinajstić information content (AvgIpc) is 2.26. The molecular weight excluding hydrogens is 242 g/mol. The molecule has 0 aromatic heterocycles. The van der Waals surface area contributed by atoms with Crippen LogP contribution in [0.15, 0.2) is 25.3 Å². The summed E-state index contributed by atoms with van der Waals surface area (Å²) in [6.07, 6.45) is 5.17. The summed E-state index contributed by atoms with van der Waals surface area (Å²) in [6.45, 7) is 16.4. The molecule has 0 radical (unpaired) electrons. The van der Waals surface area contributed by atoms with Gasteiger partial charge in [-0.25, -0.2) is 0 Å². The van der Waals surface area contributed by atoms with Crippen LogP contribution >= 0.6 is 0 Å². The van der Waals surface area contributed by atoms with Crippen molar-refractivity contribution in [3.05, 3.63) is 25.3 Å². The lowest BCUT2D eigenvalue weighted by Crippen LogP contribution is -2.45. The Morgan fingerprint density at radius 1 is 1.28 bits per heavy atom. The van der Waals surface area contributed by atoms with Gasteiger partial charge in [0, 0.05) is 26.2 Å². The Hall–Kier alpha value is -0.423. The van der Waals surface area contributed by atoms with Crippen molar-refractivity contribution in [2.45, 2.75) is 31.7 Å². The van der Waals surface area contributed by atoms with Crippen molar-refractivity contribution in [1.82, 2.24) is 4.90 Å². The van der Waals surface area contributed by atoms with Gasteiger partial charge in [-0.15, -0.1) is 13.2 Å². The number of nitrogens with zero attached hydrogens (tertiary/aromatic N) is 1. The number of ether oxygens (including phenoxy) is 1. The minimum absolute atomic E-state index is 0.187. The molecule has 0 N–H and O–H groups in total. The van der Waals surface area contributed by atoms with E-state index in [2.05, 4.69) is 31.2 Å². The topological polar surface area (TPSA) is 21.7 Å². The zero-order valence-electron chi connectivity index (χ0n) is 11.9. The number of rotatable bonds is 6. The van der Waals surface area contributed by atoms with Gasteiger partial charge < -0.3 is 9.16 Å². The highest BCUT2D eigenvalue weighted by atomic mass is 28.4. The van der Waals surface area contributed by atoms with Crippen LogP contribution in [0.25, 0.3) is 0 Å². The Labute approximate surface area is 113 Å². The lowest BCUT2D eigenvalue weighted by molar-refractivity contribution is 0.0204. The third kappa shape index (κ3) is 5.95. The van der Waals surface area contributed by atoms with Crippen molar-refractivity contribution in [2.75, 3.05) is 32.8 Å². The predicted octanol–water partition coefficient (Wildman–Crippen LogP) is 2.67. The number of hydrogen-bond acceptors (Lipinski definition) is 3. The van der Waals surface area contributed by atoms with E-state index in [1.54, 1.807) is 0 Å². The van der Waals surface area contributed by atoms with Gasteiger partial charge >= 0.3 is 0 Å². The van der Waals surface area contributed by atoms with Gasteiger partial charge in [-0.05, 0) is 25.6 Å². The average molecular weight is 269 g/mol. The van der Waals surface area contributed by atoms with Crippen LogP contribution in [0, 0.1) is 0 Å². The zero-order chi connectivity index (χ0) is 13.4. The molecule has 1 rings (SSSR count). The molecule has 1 aliphatic rings. The van der Waals surface area contributed by atoms with Crippen LogP contribution in [0.2, 0.25) is 19.1 Å². The van der Waals surface area contributed by atoms with E-state index in [1.165, 1.54) is 6.04 Å². The van der Waals surface area contributed by atoms with Gasteiger partial charge in [0.15, 0.2) is 8.32 Å². The lowest BCUT2D eigenvalue weighted by atomic mass is 10.3. The molecular formula is C14H27NO2Si. The first-order valence-corrected chi connectivity index (χ1v) is 9.88. The van der Waals surface area contributed by atoms with E-state index in [1.807, 2.05) is 12.2 Å². The van der Waals surface area contributed by atoms with Gasteiger partial charge in [-0.2, -0.15) is 0 Å². The molecule has 0 aliphatic carbocycles. The smallest absolute Gasteiger partial charge is 0.187 e. The summed E-state index contributed by atoms with van der Waals surface area (Å²) in [4.78, 5) is 2.29. The molecule has 3 nitrogen and oxygen atoms in total. The van der Waals surface area contributed by atoms with Crippen LogP contribution in [0.1, 0.15) is 6.42 Å². The molecule has 0 saturated carbocycles. The molecule has 0 aromatic rings. The molecule has 1 unspecified atom stereocenters. The second-order valence-corrected chi connectivity index (χ2v) is 9.73. The maximum atomic E-state index is 6.31. The second-order valence-electron chi connectivity index (χ2n) is 5.47. The van der Waals surface area contributed by atoms with Crippen LogP contribution in [0.5, 0.6) is 0 Å². The number of hydrogen-bond donors (Lipinski definition) is 0. The van der Waals surface area contributed by atoms with E-state index >= 15 is 0 Å². The van der Waals surface area contributed by atoms with Crippen molar-refractivity contribution in [3.8, 4) is 0 Å². The van der Waals surface area contributed by atoms with Crippen LogP contribution in [0.4, 0.5) is 0 Å². The summed E-state index contributed by atoms with van der Waals surface area (Å²) in [5.41, 5.74) is 0. The summed E-state index contributed by atoms with van der Waals surface area (Å²) in [5.74, 6) is 0. The summed E-state index contributed by atoms with van der Waals surface area (Å²) in [5, 5.41) is 0. The van der Waals surface area contributed by atoms with Gasteiger partial charge in [0.2, 0.25) is 0 Å². The molecule has 1 aliphatic heterocycles. The van der Waals surface area contributed by atoms with Crippen molar-refractivity contribution in [1.29, 1.82) is 0 Å². The van der Waals surface area contributed by atoms with E-state index in [0.29, 0.717) is 6.61 Å². The molecule has 4 heteroatoms. The Morgan fingerprint density at radius 2 is 1.94 bits per heavy atom. The molecule has 0 bridgehead atoms. The Kier molecular flexibility index (Phi) is 6.85. The predicted molar refractivity (Wildman–Crippen MR) is 79.4 cm³/mol. The first-order chi connectivity index (χ1) is 8.57. The van der Waals surface area contributed by atoms with Crippen molar-refractivity contribution in [3.63, 3.8) is 0 Å². The molecule has 1 fully saturated rings. The monoisotopic (exact) mass is 269 g/mol. The molecule has 0 spiro atoms. The highest BCUT2D eigenvalue weighted by molar-refractivity contribution is 6.71. The first kappa shape index (κ1) is 15.6. The van der Waals surface area contributed by atoms with Crippen molar-refractivity contribution < 1.29 is 9.16 Å². The van der Waals surface area contributed by atoms with E-state index in [9.17, 15) is 0 Å². The van der Waals surface area contributed by atoms with Gasteiger partial charge in [0.25, 0.3) is 0 Å². The Balaban J connectivity index is 2.54. The minimum Gasteiger partial charge on any atom is -0.411 e. The summed E-state index contributed by atoms with van der Waals surface area (Å²) < 4.78 is 12.0. The van der Waals surface area contributed by atoms with E-state index in [-0.39, 0.29) is 6.10 Å². The normalized spacial score (nSPS) is 24.3. The first-order valence-electron chi connectivity index (χ1n) is 6.77. The van der Waals surface area contributed by atoms with Crippen molar-refractivity contribution in [2.24, 2.45) is 0 Å². The SMILES string of the molecule is C=CCN(CC=C)CC1COCCC[Si](C)(C)O1. The summed E-state index contributed by atoms with van der Waals surface area (Å²) in [7, 11) is -1.51. The van der Waals surface area contributed by atoms with Gasteiger partial charge in [0.1, 0.15) is 0 Å². The van der Waals surface area contributed by atoms with Crippen LogP contribution < -0.4 is 0 Å². The molecule has 1 heterocycles. The second kappa shape index (κ2) is 7.89. The third-order valence-corrected chi connectivity index (χ3v) is 5.62. The summed E-state index contributed by atoms with van der Waals surface area (Å²) in [6, 6.07) is 1.19. The molecule has 1 atom stereocenters. The fourth-order valence-corrected chi connectivity index (χ4v) is 4.48. The Morgan fingerprint density at radius 3 is 2.56 bits per heavy atom. The maximum absolute atomic E-state index is 6.31. The van der Waals surface area contributed by atoms with E-state index < -0.39 is 8.32 Å². The maximum Gasteiger partial charge on any atom is 0.187 e. The van der Waals surface area contributed by atoms with Gasteiger partial charge in [0.05, 0.1) is 12.7 Å². The minimum atomic E-state index is -1.51. The molecule has 104 valence electrons. The highest BCUT2D eigenvalue weighted by Gasteiger charge is 2.29. The van der Waals surface area contributed by atoms with Crippen LogP contribution in [0.3, 0.4) is 0 Å². The molecule has 0 aromatic carbocycles. The quantitative estimate of drug-likeness (QED) is 0.546. The highest BCUT2D eigenvalue weighted by Crippen LogP contribution is 2.19. The fraction of sp³-hybridized carbons (Fsp3) is 0.714. The van der Waals surface area contributed by atoms with E-state index in [0.717, 1.165) is 32.7 Å². The molecule has 18 heavy (non-hydrogen) atoms. The standard InChI is InChI=1S/C14H27NO2Si/c1-5-8-15(9-6-2)12-14-13-16-10-7-11-18(3,4)17-14/h5-6,14H,1-2,7-13H2,3-4H3. The third-order valence-electron chi connectivity index (χ3n) is 3.09. The van der Waals surface area contributed by atoms with Crippen molar-refractivity contribution >= 4 is 8.32 Å². The summed E-state index contributed by atoms with van der Waals surface area (Å²) >= 11 is 0. The Bertz CT molecular complexity index is 259. The van der Waals surface area contributed by atoms with E-state index in [4.69, 9.17) is 9.16 Å². The molecule has 1 saturated heterocycles. The van der Waals surface area contributed by atoms with Crippen LogP contribution in [-0.4, -0.2) is 52.2 Å². The zero-order valence-corrected chi connectivity index (χ0v) is 12.9. The van der Waals surface area contributed by atoms with Crippen LogP contribution in [-0.2, 0) is 9.16 Å².